The summed E-state index contributed by atoms with van der Waals surface area (Å²) >= 11 is 5.78. The van der Waals surface area contributed by atoms with E-state index in [4.69, 9.17) is 16.9 Å². The van der Waals surface area contributed by atoms with Crippen molar-refractivity contribution < 1.29 is 4.79 Å². The molecule has 0 amide bonds. The fourth-order valence-electron chi connectivity index (χ4n) is 1.34. The molecule has 6 heteroatoms. The highest BCUT2D eigenvalue weighted by Gasteiger charge is 2.08. The fraction of sp³-hybridized carbons (Fsp3) is 0. The summed E-state index contributed by atoms with van der Waals surface area (Å²) in [7, 11) is 0. The van der Waals surface area contributed by atoms with Crippen LogP contribution in [-0.2, 0) is 0 Å². The van der Waals surface area contributed by atoms with Crippen LogP contribution < -0.4 is 5.32 Å². The minimum absolute atomic E-state index is 0.0937. The SMILES string of the molecule is N#Cc1ccc(Nc2ncnc(Cl)c2C=O)cc1. The molecule has 2 rings (SSSR count). The Morgan fingerprint density at radius 1 is 1.28 bits per heavy atom. The predicted octanol–water partition coefficient (Wildman–Crippen LogP) is 2.56. The van der Waals surface area contributed by atoms with Gasteiger partial charge in [-0.25, -0.2) is 9.97 Å². The zero-order valence-electron chi connectivity index (χ0n) is 9.09. The zero-order valence-corrected chi connectivity index (χ0v) is 9.85. The van der Waals surface area contributed by atoms with Gasteiger partial charge in [0.25, 0.3) is 0 Å². The van der Waals surface area contributed by atoms with Crippen molar-refractivity contribution in [2.75, 3.05) is 5.32 Å². The van der Waals surface area contributed by atoms with E-state index >= 15 is 0 Å². The van der Waals surface area contributed by atoms with Gasteiger partial charge in [0.15, 0.2) is 6.29 Å². The van der Waals surface area contributed by atoms with Crippen LogP contribution in [0.2, 0.25) is 5.15 Å². The molecule has 0 unspecified atom stereocenters. The molecule has 0 spiro atoms. The van der Waals surface area contributed by atoms with Crippen LogP contribution in [0.4, 0.5) is 11.5 Å². The van der Waals surface area contributed by atoms with E-state index in [0.29, 0.717) is 23.4 Å². The molecule has 1 N–H and O–H groups in total. The van der Waals surface area contributed by atoms with Gasteiger partial charge in [-0.2, -0.15) is 5.26 Å². The van der Waals surface area contributed by atoms with Gasteiger partial charge in [-0.15, -0.1) is 0 Å². The monoisotopic (exact) mass is 258 g/mol. The van der Waals surface area contributed by atoms with Crippen molar-refractivity contribution in [2.45, 2.75) is 0 Å². The number of carbonyl (C=O) groups excluding carboxylic acids is 1. The molecule has 0 atom stereocenters. The molecular formula is C12H7ClN4O. The number of halogens is 1. The molecule has 1 aromatic heterocycles. The first-order valence-electron chi connectivity index (χ1n) is 4.97. The lowest BCUT2D eigenvalue weighted by Crippen LogP contribution is -2.00. The highest BCUT2D eigenvalue weighted by Crippen LogP contribution is 2.21. The van der Waals surface area contributed by atoms with E-state index in [-0.39, 0.29) is 10.7 Å². The number of nitrogens with zero attached hydrogens (tertiary/aromatic N) is 3. The topological polar surface area (TPSA) is 78.7 Å². The van der Waals surface area contributed by atoms with Crippen molar-refractivity contribution in [2.24, 2.45) is 0 Å². The first-order chi connectivity index (χ1) is 8.74. The molecule has 0 radical (unpaired) electrons. The van der Waals surface area contributed by atoms with Crippen molar-refractivity contribution in [1.29, 1.82) is 5.26 Å². The van der Waals surface area contributed by atoms with Gasteiger partial charge in [-0.1, -0.05) is 11.6 Å². The maximum atomic E-state index is 10.9. The van der Waals surface area contributed by atoms with Gasteiger partial charge in [0, 0.05) is 5.69 Å². The van der Waals surface area contributed by atoms with Crippen molar-refractivity contribution in [3.63, 3.8) is 0 Å². The highest BCUT2D eigenvalue weighted by molar-refractivity contribution is 6.32. The Morgan fingerprint density at radius 3 is 2.61 bits per heavy atom. The quantitative estimate of drug-likeness (QED) is 0.676. The molecule has 0 bridgehead atoms. The van der Waals surface area contributed by atoms with Crippen LogP contribution in [0.1, 0.15) is 15.9 Å². The Morgan fingerprint density at radius 2 is 2.00 bits per heavy atom. The first-order valence-corrected chi connectivity index (χ1v) is 5.35. The summed E-state index contributed by atoms with van der Waals surface area (Å²) in [5.41, 5.74) is 1.45. The largest absolute Gasteiger partial charge is 0.339 e. The summed E-state index contributed by atoms with van der Waals surface area (Å²) in [5, 5.41) is 11.7. The number of nitriles is 1. The molecule has 1 aromatic carbocycles. The predicted molar refractivity (Wildman–Crippen MR) is 66.9 cm³/mol. The zero-order chi connectivity index (χ0) is 13.0. The molecule has 88 valence electrons. The number of hydrogen-bond acceptors (Lipinski definition) is 5. The van der Waals surface area contributed by atoms with Gasteiger partial charge in [-0.3, -0.25) is 4.79 Å². The van der Waals surface area contributed by atoms with E-state index in [1.165, 1.54) is 6.33 Å². The van der Waals surface area contributed by atoms with E-state index in [1.54, 1.807) is 24.3 Å². The summed E-state index contributed by atoms with van der Waals surface area (Å²) < 4.78 is 0. The number of rotatable bonds is 3. The van der Waals surface area contributed by atoms with E-state index in [1.807, 2.05) is 6.07 Å². The summed E-state index contributed by atoms with van der Waals surface area (Å²) in [6.45, 7) is 0. The molecule has 0 aliphatic carbocycles. The lowest BCUT2D eigenvalue weighted by atomic mass is 10.2. The van der Waals surface area contributed by atoms with Crippen molar-refractivity contribution in [3.05, 3.63) is 46.9 Å². The molecule has 0 aliphatic heterocycles. The number of aldehydes is 1. The lowest BCUT2D eigenvalue weighted by molar-refractivity contribution is 0.112. The second-order valence-corrected chi connectivity index (χ2v) is 3.72. The van der Waals surface area contributed by atoms with Crippen molar-refractivity contribution >= 4 is 29.4 Å². The number of carbonyl (C=O) groups is 1. The summed E-state index contributed by atoms with van der Waals surface area (Å²) in [5.74, 6) is 0.328. The maximum Gasteiger partial charge on any atom is 0.156 e. The number of hydrogen-bond donors (Lipinski definition) is 1. The summed E-state index contributed by atoms with van der Waals surface area (Å²) in [6.07, 6.45) is 1.86. The van der Waals surface area contributed by atoms with Crippen molar-refractivity contribution in [1.82, 2.24) is 9.97 Å². The molecule has 0 saturated carbocycles. The third kappa shape index (κ3) is 2.44. The van der Waals surface area contributed by atoms with E-state index in [2.05, 4.69) is 15.3 Å². The number of benzene rings is 1. The van der Waals surface area contributed by atoms with Crippen LogP contribution in [0.15, 0.2) is 30.6 Å². The third-order valence-corrected chi connectivity index (χ3v) is 2.53. The minimum Gasteiger partial charge on any atom is -0.339 e. The number of aromatic nitrogens is 2. The average Bonchev–Trinajstić information content (AvgIpc) is 2.40. The first kappa shape index (κ1) is 12.0. The second kappa shape index (κ2) is 5.25. The lowest BCUT2D eigenvalue weighted by Gasteiger charge is -2.07. The molecule has 1 heterocycles. The normalized spacial score (nSPS) is 9.56. The van der Waals surface area contributed by atoms with Gasteiger partial charge in [0.1, 0.15) is 17.3 Å². The van der Waals surface area contributed by atoms with Crippen LogP contribution in [-0.4, -0.2) is 16.3 Å². The Labute approximate surface area is 108 Å². The highest BCUT2D eigenvalue weighted by atomic mass is 35.5. The molecule has 18 heavy (non-hydrogen) atoms. The van der Waals surface area contributed by atoms with E-state index < -0.39 is 0 Å². The van der Waals surface area contributed by atoms with Gasteiger partial charge >= 0.3 is 0 Å². The molecular weight excluding hydrogens is 252 g/mol. The molecule has 5 nitrogen and oxygen atoms in total. The van der Waals surface area contributed by atoms with E-state index in [0.717, 1.165) is 0 Å². The Hall–Kier alpha value is -2.45. The summed E-state index contributed by atoms with van der Waals surface area (Å²) in [6, 6.07) is 8.76. The van der Waals surface area contributed by atoms with Gasteiger partial charge in [0.2, 0.25) is 0 Å². The average molecular weight is 259 g/mol. The van der Waals surface area contributed by atoms with Crippen molar-refractivity contribution in [3.8, 4) is 6.07 Å². The molecule has 2 aromatic rings. The second-order valence-electron chi connectivity index (χ2n) is 3.36. The number of nitrogens with one attached hydrogen (secondary N) is 1. The third-order valence-electron chi connectivity index (χ3n) is 2.23. The summed E-state index contributed by atoms with van der Waals surface area (Å²) in [4.78, 5) is 18.6. The van der Waals surface area contributed by atoms with Gasteiger partial charge < -0.3 is 5.32 Å². The van der Waals surface area contributed by atoms with Crippen LogP contribution in [0.5, 0.6) is 0 Å². The Balaban J connectivity index is 2.31. The number of anilines is 2. The molecule has 0 saturated heterocycles. The van der Waals surface area contributed by atoms with Gasteiger partial charge in [-0.05, 0) is 24.3 Å². The Bertz CT molecular complexity index is 619. The standard InChI is InChI=1S/C12H7ClN4O/c13-11-10(6-18)12(16-7-15-11)17-9-3-1-8(5-14)2-4-9/h1-4,6-7H,(H,15,16,17). The smallest absolute Gasteiger partial charge is 0.156 e. The fourth-order valence-corrected chi connectivity index (χ4v) is 1.52. The molecule has 0 fully saturated rings. The van der Waals surface area contributed by atoms with Gasteiger partial charge in [0.05, 0.1) is 17.2 Å². The molecule has 0 aliphatic rings. The maximum absolute atomic E-state index is 10.9. The Kier molecular flexibility index (Phi) is 3.51. The van der Waals surface area contributed by atoms with Crippen LogP contribution in [0.25, 0.3) is 0 Å². The minimum atomic E-state index is 0.0937. The van der Waals surface area contributed by atoms with Crippen LogP contribution in [0.3, 0.4) is 0 Å². The van der Waals surface area contributed by atoms with Crippen LogP contribution >= 0.6 is 11.6 Å². The van der Waals surface area contributed by atoms with E-state index in [9.17, 15) is 4.79 Å². The van der Waals surface area contributed by atoms with Crippen LogP contribution in [0, 0.1) is 11.3 Å².